The zero-order chi connectivity index (χ0) is 19.0. The normalized spacial score (nSPS) is 17.7. The van der Waals surface area contributed by atoms with Gasteiger partial charge in [-0.1, -0.05) is 18.2 Å². The fourth-order valence-electron chi connectivity index (χ4n) is 3.76. The van der Waals surface area contributed by atoms with Crippen molar-refractivity contribution in [2.24, 2.45) is 18.9 Å². The van der Waals surface area contributed by atoms with E-state index in [0.29, 0.717) is 31.5 Å². The zero-order valence-electron chi connectivity index (χ0n) is 15.4. The van der Waals surface area contributed by atoms with Crippen molar-refractivity contribution >= 4 is 28.6 Å². The van der Waals surface area contributed by atoms with E-state index >= 15 is 0 Å². The molecule has 2 aliphatic rings. The van der Waals surface area contributed by atoms with Crippen molar-refractivity contribution in [3.63, 3.8) is 0 Å². The Morgan fingerprint density at radius 2 is 1.67 bits per heavy atom. The van der Waals surface area contributed by atoms with E-state index in [-0.39, 0.29) is 29.6 Å². The maximum absolute atomic E-state index is 12.5. The van der Waals surface area contributed by atoms with Crippen molar-refractivity contribution in [1.82, 2.24) is 20.3 Å². The second-order valence-corrected chi connectivity index (χ2v) is 7.49. The van der Waals surface area contributed by atoms with E-state index in [9.17, 15) is 14.4 Å². The highest BCUT2D eigenvalue weighted by molar-refractivity contribution is 6.07. The van der Waals surface area contributed by atoms with Gasteiger partial charge in [-0.3, -0.25) is 25.2 Å². The summed E-state index contributed by atoms with van der Waals surface area (Å²) in [6.45, 7) is 1.23. The number of benzene rings is 1. The summed E-state index contributed by atoms with van der Waals surface area (Å²) in [5.41, 5.74) is 6.57. The lowest BCUT2D eigenvalue weighted by molar-refractivity contribution is -0.136. The molecule has 2 heterocycles. The molecule has 142 valence electrons. The summed E-state index contributed by atoms with van der Waals surface area (Å²) in [6.07, 6.45) is 5.02. The molecule has 7 heteroatoms. The first kappa shape index (κ1) is 17.6. The van der Waals surface area contributed by atoms with Crippen LogP contribution in [-0.4, -0.2) is 40.3 Å². The molecule has 2 N–H and O–H groups in total. The molecular weight excluding hydrogens is 344 g/mol. The molecule has 1 saturated carbocycles. The number of hydrazine groups is 1. The molecule has 7 nitrogen and oxygen atoms in total. The highest BCUT2D eigenvalue weighted by Crippen LogP contribution is 2.32. The van der Waals surface area contributed by atoms with Gasteiger partial charge in [0.05, 0.1) is 5.56 Å². The van der Waals surface area contributed by atoms with Gasteiger partial charge < -0.3 is 9.47 Å². The summed E-state index contributed by atoms with van der Waals surface area (Å²) < 4.78 is 1.89. The van der Waals surface area contributed by atoms with Gasteiger partial charge in [-0.2, -0.15) is 0 Å². The van der Waals surface area contributed by atoms with Gasteiger partial charge in [0.15, 0.2) is 0 Å². The average Bonchev–Trinajstić information content (AvgIpc) is 3.49. The summed E-state index contributed by atoms with van der Waals surface area (Å²) in [5, 5.41) is 0.846. The quantitative estimate of drug-likeness (QED) is 0.807. The molecular formula is C20H24N4O3. The van der Waals surface area contributed by atoms with Crippen LogP contribution in [0.5, 0.6) is 0 Å². The fraction of sp³-hybridized carbons (Fsp3) is 0.450. The van der Waals surface area contributed by atoms with Crippen molar-refractivity contribution < 1.29 is 14.4 Å². The van der Waals surface area contributed by atoms with Crippen LogP contribution in [0.1, 0.15) is 36.0 Å². The van der Waals surface area contributed by atoms with Crippen molar-refractivity contribution in [1.29, 1.82) is 0 Å². The van der Waals surface area contributed by atoms with Crippen molar-refractivity contribution in [2.45, 2.75) is 25.7 Å². The predicted molar refractivity (Wildman–Crippen MR) is 101 cm³/mol. The van der Waals surface area contributed by atoms with Crippen LogP contribution in [0.25, 0.3) is 10.9 Å². The van der Waals surface area contributed by atoms with Crippen LogP contribution < -0.4 is 10.9 Å². The minimum absolute atomic E-state index is 0.180. The maximum atomic E-state index is 12.5. The minimum atomic E-state index is -0.332. The predicted octanol–water partition coefficient (Wildman–Crippen LogP) is 1.59. The molecule has 0 spiro atoms. The van der Waals surface area contributed by atoms with Crippen molar-refractivity contribution in [2.75, 3.05) is 13.1 Å². The number of aryl methyl sites for hydroxylation is 1. The number of amides is 3. The average molecular weight is 368 g/mol. The summed E-state index contributed by atoms with van der Waals surface area (Å²) in [4.78, 5) is 38.8. The monoisotopic (exact) mass is 368 g/mol. The molecule has 2 fully saturated rings. The smallest absolute Gasteiger partial charge is 0.271 e. The van der Waals surface area contributed by atoms with Crippen LogP contribution in [0.15, 0.2) is 30.5 Å². The molecule has 3 amide bonds. The van der Waals surface area contributed by atoms with Gasteiger partial charge in [0.25, 0.3) is 5.91 Å². The van der Waals surface area contributed by atoms with Gasteiger partial charge in [0.1, 0.15) is 0 Å². The number of hydrogen-bond acceptors (Lipinski definition) is 3. The first-order valence-corrected chi connectivity index (χ1v) is 9.47. The molecule has 0 radical (unpaired) electrons. The molecule has 1 aliphatic carbocycles. The Kier molecular flexibility index (Phi) is 4.59. The molecule has 4 rings (SSSR count). The number of carbonyl (C=O) groups excluding carboxylic acids is 3. The lowest BCUT2D eigenvalue weighted by atomic mass is 9.96. The Morgan fingerprint density at radius 3 is 2.37 bits per heavy atom. The van der Waals surface area contributed by atoms with E-state index in [0.717, 1.165) is 23.7 Å². The topological polar surface area (TPSA) is 83.4 Å². The number of nitrogens with one attached hydrogen (secondary N) is 2. The Labute approximate surface area is 157 Å². The number of carbonyl (C=O) groups is 3. The van der Waals surface area contributed by atoms with Crippen LogP contribution in [0.4, 0.5) is 0 Å². The fourth-order valence-corrected chi connectivity index (χ4v) is 3.76. The molecule has 27 heavy (non-hydrogen) atoms. The van der Waals surface area contributed by atoms with E-state index in [1.165, 1.54) is 0 Å². The third-order valence-corrected chi connectivity index (χ3v) is 5.54. The molecule has 1 aromatic heterocycles. The molecule has 0 atom stereocenters. The third-order valence-electron chi connectivity index (χ3n) is 5.54. The lowest BCUT2D eigenvalue weighted by Crippen LogP contribution is -2.48. The number of likely N-dealkylation sites (tertiary alicyclic amines) is 1. The zero-order valence-corrected chi connectivity index (χ0v) is 15.4. The van der Waals surface area contributed by atoms with Gasteiger partial charge in [-0.25, -0.2) is 0 Å². The number of para-hydroxylation sites is 1. The van der Waals surface area contributed by atoms with Gasteiger partial charge in [-0.15, -0.1) is 0 Å². The summed E-state index contributed by atoms with van der Waals surface area (Å²) in [6, 6.07) is 7.64. The van der Waals surface area contributed by atoms with Crippen molar-refractivity contribution in [3.8, 4) is 0 Å². The number of rotatable bonds is 3. The highest BCUT2D eigenvalue weighted by Gasteiger charge is 2.36. The van der Waals surface area contributed by atoms with Crippen LogP contribution in [0.2, 0.25) is 0 Å². The number of hydrogen-bond donors (Lipinski definition) is 2. The van der Waals surface area contributed by atoms with Crippen LogP contribution in [0, 0.1) is 11.8 Å². The van der Waals surface area contributed by atoms with Gasteiger partial charge >= 0.3 is 0 Å². The Bertz CT molecular complexity index is 892. The van der Waals surface area contributed by atoms with E-state index < -0.39 is 0 Å². The Morgan fingerprint density at radius 1 is 0.963 bits per heavy atom. The number of fused-ring (bicyclic) bond motifs is 1. The summed E-state index contributed by atoms with van der Waals surface area (Å²) in [7, 11) is 1.88. The van der Waals surface area contributed by atoms with Gasteiger partial charge in [0.2, 0.25) is 11.8 Å². The Balaban J connectivity index is 1.31. The number of piperidine rings is 1. The molecule has 1 saturated heterocycles. The minimum Gasteiger partial charge on any atom is -0.350 e. The molecule has 2 aromatic rings. The van der Waals surface area contributed by atoms with Crippen LogP contribution >= 0.6 is 0 Å². The maximum Gasteiger partial charge on any atom is 0.271 e. The SMILES string of the molecule is Cn1cc(C(=O)NNC(=O)C2CCN(C(=O)C3CC3)CC2)c2ccccc21. The molecule has 1 aromatic carbocycles. The largest absolute Gasteiger partial charge is 0.350 e. The van der Waals surface area contributed by atoms with E-state index in [2.05, 4.69) is 10.9 Å². The Hall–Kier alpha value is -2.83. The van der Waals surface area contributed by atoms with Gasteiger partial charge in [-0.05, 0) is 31.7 Å². The highest BCUT2D eigenvalue weighted by atomic mass is 16.2. The van der Waals surface area contributed by atoms with E-state index in [1.807, 2.05) is 40.8 Å². The standard InChI is InChI=1S/C20H24N4O3/c1-23-12-16(15-4-2-3-5-17(15)23)19(26)22-21-18(25)13-8-10-24(11-9-13)20(27)14-6-7-14/h2-5,12-14H,6-11H2,1H3,(H,21,25)(H,22,26). The lowest BCUT2D eigenvalue weighted by Gasteiger charge is -2.31. The molecule has 1 aliphatic heterocycles. The second-order valence-electron chi connectivity index (χ2n) is 7.49. The first-order valence-electron chi connectivity index (χ1n) is 9.47. The van der Waals surface area contributed by atoms with Crippen LogP contribution in [0.3, 0.4) is 0 Å². The van der Waals surface area contributed by atoms with E-state index in [1.54, 1.807) is 6.20 Å². The first-order chi connectivity index (χ1) is 13.0. The molecule has 0 bridgehead atoms. The third kappa shape index (κ3) is 3.54. The summed E-state index contributed by atoms with van der Waals surface area (Å²) >= 11 is 0. The van der Waals surface area contributed by atoms with Crippen LogP contribution in [-0.2, 0) is 16.6 Å². The number of nitrogens with zero attached hydrogens (tertiary/aromatic N) is 2. The summed E-state index contributed by atoms with van der Waals surface area (Å²) in [5.74, 6) is -0.252. The van der Waals surface area contributed by atoms with Gasteiger partial charge in [0, 0.05) is 49.1 Å². The van der Waals surface area contributed by atoms with Crippen molar-refractivity contribution in [3.05, 3.63) is 36.0 Å². The molecule has 0 unspecified atom stereocenters. The second kappa shape index (κ2) is 7.06. The number of aromatic nitrogens is 1. The van der Waals surface area contributed by atoms with E-state index in [4.69, 9.17) is 0 Å².